The summed E-state index contributed by atoms with van der Waals surface area (Å²) in [5.41, 5.74) is -0.529. The Morgan fingerprint density at radius 3 is 1.71 bits per heavy atom. The second-order valence-electron chi connectivity index (χ2n) is 7.77. The first-order valence-corrected chi connectivity index (χ1v) is 12.2. The molecule has 0 radical (unpaired) electrons. The maximum absolute atomic E-state index is 11.7. The number of rotatable bonds is 11. The molecule has 2 rings (SSSR count). The molecule has 0 bridgehead atoms. The van der Waals surface area contributed by atoms with Crippen molar-refractivity contribution in [2.24, 2.45) is 0 Å². The molecule has 2 aromatic carbocycles. The summed E-state index contributed by atoms with van der Waals surface area (Å²) in [5.74, 6) is 0.543. The first-order chi connectivity index (χ1) is 14.6. The Morgan fingerprint density at radius 1 is 0.774 bits per heavy atom. The van der Waals surface area contributed by atoms with Crippen LogP contribution in [0.3, 0.4) is 0 Å². The van der Waals surface area contributed by atoms with Crippen molar-refractivity contribution >= 4 is 17.5 Å². The van der Waals surface area contributed by atoms with Gasteiger partial charge in [-0.2, -0.15) is 0 Å². The van der Waals surface area contributed by atoms with Gasteiger partial charge in [-0.15, -0.1) is 0 Å². The number of carbonyl (C=O) groups excluding carboxylic acids is 3. The molecule has 0 spiro atoms. The summed E-state index contributed by atoms with van der Waals surface area (Å²) in [6, 6.07) is 15.3. The third-order valence-corrected chi connectivity index (χ3v) is 6.49. The van der Waals surface area contributed by atoms with E-state index < -0.39 is 11.6 Å². The average Bonchev–Trinajstić information content (AvgIpc) is 2.71. The van der Waals surface area contributed by atoms with Crippen LogP contribution < -0.4 is 30.7 Å². The number of ether oxygens (including phenoxy) is 3. The monoisotopic (exact) mass is 539 g/mol. The molecule has 0 saturated heterocycles. The van der Waals surface area contributed by atoms with Gasteiger partial charge >= 0.3 is 194 Å². The third-order valence-electron chi connectivity index (χ3n) is 3.81. The van der Waals surface area contributed by atoms with Crippen LogP contribution in [0, 0.1) is 7.14 Å². The normalized spacial score (nSPS) is 11.1. The number of hydrogen-bond donors (Lipinski definition) is 0. The standard InChI is InChI=1S/C24H28IO6/c1-5-19(26)14-20(27)15-29-21-10-6-17(7-11-21)25-18-8-12-22(13-9-18)30-16-23(28)31-24(2,3)4/h6-13H,5,14-16H2,1-4H3/q-1. The zero-order chi connectivity index (χ0) is 22.9. The van der Waals surface area contributed by atoms with E-state index in [0.717, 1.165) is 0 Å². The van der Waals surface area contributed by atoms with Gasteiger partial charge in [0, 0.05) is 0 Å². The predicted molar refractivity (Wildman–Crippen MR) is 112 cm³/mol. The van der Waals surface area contributed by atoms with E-state index >= 15 is 0 Å². The fourth-order valence-electron chi connectivity index (χ4n) is 2.39. The first kappa shape index (κ1) is 24.8. The van der Waals surface area contributed by atoms with E-state index in [4.69, 9.17) is 14.2 Å². The minimum absolute atomic E-state index is 0.0719. The molecule has 0 atom stereocenters. The molecule has 0 aliphatic carbocycles. The molecule has 7 heteroatoms. The Balaban J connectivity index is 1.80. The minimum atomic E-state index is -0.529. The van der Waals surface area contributed by atoms with Crippen molar-refractivity contribution in [3.05, 3.63) is 55.7 Å². The van der Waals surface area contributed by atoms with Gasteiger partial charge in [0.2, 0.25) is 0 Å². The van der Waals surface area contributed by atoms with Gasteiger partial charge in [0.25, 0.3) is 0 Å². The molecule has 0 N–H and O–H groups in total. The van der Waals surface area contributed by atoms with Crippen LogP contribution in [0.1, 0.15) is 40.5 Å². The van der Waals surface area contributed by atoms with Crippen LogP contribution in [-0.2, 0) is 19.1 Å². The van der Waals surface area contributed by atoms with Crippen molar-refractivity contribution < 1.29 is 49.8 Å². The number of hydrogen-bond acceptors (Lipinski definition) is 6. The number of ketones is 2. The molecule has 31 heavy (non-hydrogen) atoms. The molecule has 0 amide bonds. The summed E-state index contributed by atoms with van der Waals surface area (Å²) in [6.45, 7) is 6.97. The predicted octanol–water partition coefficient (Wildman–Crippen LogP) is 0.853. The summed E-state index contributed by atoms with van der Waals surface area (Å²) in [5, 5.41) is 0. The van der Waals surface area contributed by atoms with Gasteiger partial charge in [0.05, 0.1) is 0 Å². The molecule has 0 aromatic heterocycles. The van der Waals surface area contributed by atoms with Crippen LogP contribution in [-0.4, -0.2) is 36.4 Å². The van der Waals surface area contributed by atoms with Crippen LogP contribution in [0.5, 0.6) is 11.5 Å². The van der Waals surface area contributed by atoms with Crippen molar-refractivity contribution in [1.29, 1.82) is 0 Å². The molecule has 6 nitrogen and oxygen atoms in total. The van der Waals surface area contributed by atoms with Crippen LogP contribution in [0.15, 0.2) is 48.5 Å². The second-order valence-corrected chi connectivity index (χ2v) is 10.8. The molecule has 0 aliphatic rings. The van der Waals surface area contributed by atoms with E-state index in [1.807, 2.05) is 69.3 Å². The number of Topliss-reactive ketones (excluding diaryl/α,β-unsaturated/α-hetero) is 2. The van der Waals surface area contributed by atoms with Gasteiger partial charge in [0.1, 0.15) is 0 Å². The first-order valence-electron chi connectivity index (χ1n) is 10.0. The van der Waals surface area contributed by atoms with Crippen molar-refractivity contribution in [3.63, 3.8) is 0 Å². The maximum atomic E-state index is 11.7. The zero-order valence-corrected chi connectivity index (χ0v) is 20.4. The number of benzene rings is 2. The SMILES string of the molecule is CCC(=O)CC(=O)COc1ccc([I-]c2ccc(OCC(=O)OC(C)(C)C)cc2)cc1. The molecule has 2 aromatic rings. The van der Waals surface area contributed by atoms with Crippen LogP contribution in [0.25, 0.3) is 0 Å². The second kappa shape index (κ2) is 11.8. The van der Waals surface area contributed by atoms with E-state index in [-0.39, 0.29) is 52.4 Å². The van der Waals surface area contributed by atoms with Gasteiger partial charge < -0.3 is 0 Å². The van der Waals surface area contributed by atoms with Gasteiger partial charge in [-0.25, -0.2) is 0 Å². The fraction of sp³-hybridized carbons (Fsp3) is 0.375. The summed E-state index contributed by atoms with van der Waals surface area (Å²) >= 11 is -0.390. The Morgan fingerprint density at radius 2 is 1.26 bits per heavy atom. The van der Waals surface area contributed by atoms with E-state index in [1.54, 1.807) is 6.92 Å². The van der Waals surface area contributed by atoms with Crippen LogP contribution >= 0.6 is 0 Å². The summed E-state index contributed by atoms with van der Waals surface area (Å²) in [7, 11) is 0. The quantitative estimate of drug-likeness (QED) is 0.240. The Bertz CT molecular complexity index is 882. The van der Waals surface area contributed by atoms with E-state index in [1.165, 1.54) is 7.14 Å². The van der Waals surface area contributed by atoms with Crippen molar-refractivity contribution in [2.75, 3.05) is 13.2 Å². The third kappa shape index (κ3) is 9.95. The molecule has 0 unspecified atom stereocenters. The Labute approximate surface area is 193 Å². The molecule has 0 heterocycles. The number of carbonyl (C=O) groups is 3. The number of halogens is 1. The topological polar surface area (TPSA) is 78.9 Å². The molecule has 168 valence electrons. The van der Waals surface area contributed by atoms with Crippen molar-refractivity contribution in [3.8, 4) is 11.5 Å². The summed E-state index contributed by atoms with van der Waals surface area (Å²) in [4.78, 5) is 34.7. The van der Waals surface area contributed by atoms with Crippen LogP contribution in [0.2, 0.25) is 0 Å². The number of esters is 1. The van der Waals surface area contributed by atoms with Crippen molar-refractivity contribution in [1.82, 2.24) is 0 Å². The van der Waals surface area contributed by atoms with Gasteiger partial charge in [0.15, 0.2) is 0 Å². The van der Waals surface area contributed by atoms with E-state index in [0.29, 0.717) is 17.9 Å². The van der Waals surface area contributed by atoms with Crippen LogP contribution in [0.4, 0.5) is 0 Å². The molecule has 0 fully saturated rings. The Hall–Kier alpha value is -2.42. The van der Waals surface area contributed by atoms with E-state index in [9.17, 15) is 14.4 Å². The van der Waals surface area contributed by atoms with Gasteiger partial charge in [-0.1, -0.05) is 0 Å². The molecular formula is C24H28IO6-. The summed E-state index contributed by atoms with van der Waals surface area (Å²) < 4.78 is 18.6. The molecule has 0 aliphatic heterocycles. The molecular weight excluding hydrogens is 511 g/mol. The van der Waals surface area contributed by atoms with Gasteiger partial charge in [-0.3, -0.25) is 0 Å². The fourth-order valence-corrected chi connectivity index (χ4v) is 4.54. The van der Waals surface area contributed by atoms with E-state index in [2.05, 4.69) is 0 Å². The molecule has 0 saturated carbocycles. The summed E-state index contributed by atoms with van der Waals surface area (Å²) in [6.07, 6.45) is 0.290. The van der Waals surface area contributed by atoms with Gasteiger partial charge in [-0.05, 0) is 0 Å². The Kier molecular flexibility index (Phi) is 9.48. The average molecular weight is 539 g/mol. The zero-order valence-electron chi connectivity index (χ0n) is 18.3. The van der Waals surface area contributed by atoms with Crippen molar-refractivity contribution in [2.45, 2.75) is 46.1 Å².